The first kappa shape index (κ1) is 15.7. The fourth-order valence-electron chi connectivity index (χ4n) is 2.13. The number of aryl methyl sites for hydroxylation is 1. The molecule has 0 saturated heterocycles. The molecule has 2 aromatic rings. The van der Waals surface area contributed by atoms with Gasteiger partial charge in [0.05, 0.1) is 4.88 Å². The quantitative estimate of drug-likeness (QED) is 0.886. The van der Waals surface area contributed by atoms with Crippen LogP contribution < -0.4 is 11.1 Å². The molecule has 1 unspecified atom stereocenters. The van der Waals surface area contributed by atoms with Crippen molar-refractivity contribution in [2.45, 2.75) is 32.7 Å². The molecule has 1 aromatic heterocycles. The Balaban J connectivity index is 1.94. The summed E-state index contributed by atoms with van der Waals surface area (Å²) < 4.78 is 0. The normalized spacial score (nSPS) is 12.4. The first-order chi connectivity index (χ1) is 9.99. The lowest BCUT2D eigenvalue weighted by molar-refractivity contribution is 0.0954. The van der Waals surface area contributed by atoms with E-state index >= 15 is 0 Å². The van der Waals surface area contributed by atoms with Crippen molar-refractivity contribution in [3.63, 3.8) is 0 Å². The molecule has 4 heteroatoms. The minimum Gasteiger partial charge on any atom is -0.349 e. The fraction of sp³-hybridized carbons (Fsp3) is 0.353. The van der Waals surface area contributed by atoms with Gasteiger partial charge in [-0.2, -0.15) is 0 Å². The number of benzene rings is 1. The monoisotopic (exact) mass is 302 g/mol. The summed E-state index contributed by atoms with van der Waals surface area (Å²) in [5, 5.41) is 4.83. The van der Waals surface area contributed by atoms with Crippen LogP contribution in [0.5, 0.6) is 0 Å². The molecule has 2 rings (SSSR count). The zero-order chi connectivity index (χ0) is 15.4. The predicted molar refractivity (Wildman–Crippen MR) is 88.8 cm³/mol. The Kier molecular flexibility index (Phi) is 5.15. The van der Waals surface area contributed by atoms with Gasteiger partial charge >= 0.3 is 0 Å². The first-order valence-electron chi connectivity index (χ1n) is 7.16. The number of hydrogen-bond donors (Lipinski definition) is 2. The van der Waals surface area contributed by atoms with E-state index in [-0.39, 0.29) is 11.9 Å². The molecule has 112 valence electrons. The van der Waals surface area contributed by atoms with Gasteiger partial charge in [-0.1, -0.05) is 38.1 Å². The van der Waals surface area contributed by atoms with Crippen molar-refractivity contribution in [3.8, 4) is 0 Å². The fourth-order valence-corrected chi connectivity index (χ4v) is 2.98. The van der Waals surface area contributed by atoms with Crippen LogP contribution in [0, 0.1) is 6.92 Å². The van der Waals surface area contributed by atoms with Crippen LogP contribution in [-0.2, 0) is 0 Å². The Hall–Kier alpha value is -1.65. The number of nitrogens with two attached hydrogens (primary N) is 1. The van der Waals surface area contributed by atoms with Gasteiger partial charge in [0, 0.05) is 12.6 Å². The van der Waals surface area contributed by atoms with Crippen molar-refractivity contribution in [1.29, 1.82) is 0 Å². The summed E-state index contributed by atoms with van der Waals surface area (Å²) in [5.41, 5.74) is 9.50. The van der Waals surface area contributed by atoms with Crippen LogP contribution >= 0.6 is 11.3 Å². The maximum absolute atomic E-state index is 12.0. The third-order valence-corrected chi connectivity index (χ3v) is 4.60. The first-order valence-corrected chi connectivity index (χ1v) is 8.04. The van der Waals surface area contributed by atoms with Gasteiger partial charge in [-0.25, -0.2) is 0 Å². The van der Waals surface area contributed by atoms with Crippen molar-refractivity contribution >= 4 is 17.2 Å². The number of amides is 1. The average molecular weight is 302 g/mol. The topological polar surface area (TPSA) is 55.1 Å². The Morgan fingerprint density at radius 3 is 2.33 bits per heavy atom. The van der Waals surface area contributed by atoms with Gasteiger partial charge in [0.1, 0.15) is 0 Å². The lowest BCUT2D eigenvalue weighted by atomic mass is 9.99. The molecule has 3 N–H and O–H groups in total. The molecule has 0 spiro atoms. The van der Waals surface area contributed by atoms with Crippen LogP contribution in [0.3, 0.4) is 0 Å². The van der Waals surface area contributed by atoms with Crippen LogP contribution in [0.1, 0.15) is 52.2 Å². The Morgan fingerprint density at radius 2 is 1.81 bits per heavy atom. The van der Waals surface area contributed by atoms with E-state index in [1.807, 2.05) is 30.5 Å². The number of carbonyl (C=O) groups excluding carboxylic acids is 1. The minimum absolute atomic E-state index is 0.0447. The van der Waals surface area contributed by atoms with E-state index in [9.17, 15) is 4.79 Å². The van der Waals surface area contributed by atoms with E-state index in [2.05, 4.69) is 31.3 Å². The zero-order valence-electron chi connectivity index (χ0n) is 12.7. The summed E-state index contributed by atoms with van der Waals surface area (Å²) in [6, 6.07) is 10.1. The molecule has 0 fully saturated rings. The van der Waals surface area contributed by atoms with Crippen LogP contribution in [0.4, 0.5) is 0 Å². The van der Waals surface area contributed by atoms with E-state index < -0.39 is 0 Å². The molecule has 1 amide bonds. The molecule has 0 aliphatic rings. The number of hydrogen-bond acceptors (Lipinski definition) is 3. The lowest BCUT2D eigenvalue weighted by Gasteiger charge is -2.14. The Morgan fingerprint density at radius 1 is 1.19 bits per heavy atom. The number of thiophene rings is 1. The summed E-state index contributed by atoms with van der Waals surface area (Å²) >= 11 is 1.46. The standard InChI is InChI=1S/C17H22N2OS/c1-11(2)13-4-6-14(7-5-13)15(18)10-19-17(20)16-12(3)8-9-21-16/h4-9,11,15H,10,18H2,1-3H3,(H,19,20). The van der Waals surface area contributed by atoms with Crippen LogP contribution in [-0.4, -0.2) is 12.5 Å². The number of carbonyl (C=O) groups is 1. The molecule has 1 aromatic carbocycles. The van der Waals surface area contributed by atoms with Gasteiger partial charge in [0.25, 0.3) is 5.91 Å². The summed E-state index contributed by atoms with van der Waals surface area (Å²) in [6.07, 6.45) is 0. The SMILES string of the molecule is Cc1ccsc1C(=O)NCC(N)c1ccc(C(C)C)cc1. The molecule has 1 atom stereocenters. The molecule has 0 bridgehead atoms. The largest absolute Gasteiger partial charge is 0.349 e. The second-order valence-electron chi connectivity index (χ2n) is 5.57. The van der Waals surface area contributed by atoms with E-state index in [0.29, 0.717) is 12.5 Å². The molecular weight excluding hydrogens is 280 g/mol. The third-order valence-electron chi connectivity index (χ3n) is 3.58. The van der Waals surface area contributed by atoms with E-state index in [0.717, 1.165) is 16.0 Å². The maximum Gasteiger partial charge on any atom is 0.261 e. The van der Waals surface area contributed by atoms with Gasteiger partial charge < -0.3 is 11.1 Å². The molecule has 1 heterocycles. The van der Waals surface area contributed by atoms with Crippen molar-refractivity contribution in [2.75, 3.05) is 6.54 Å². The summed E-state index contributed by atoms with van der Waals surface area (Å²) in [7, 11) is 0. The van der Waals surface area contributed by atoms with Gasteiger partial charge in [-0.05, 0) is 41.0 Å². The van der Waals surface area contributed by atoms with Gasteiger partial charge in [-0.3, -0.25) is 4.79 Å². The molecule has 0 aliphatic carbocycles. The second-order valence-corrected chi connectivity index (χ2v) is 6.49. The Bertz CT molecular complexity index is 602. The van der Waals surface area contributed by atoms with Crippen LogP contribution in [0.25, 0.3) is 0 Å². The van der Waals surface area contributed by atoms with Gasteiger partial charge in [0.15, 0.2) is 0 Å². The Labute approximate surface area is 130 Å². The van der Waals surface area contributed by atoms with E-state index in [1.165, 1.54) is 16.9 Å². The van der Waals surface area contributed by atoms with Crippen molar-refractivity contribution < 1.29 is 4.79 Å². The van der Waals surface area contributed by atoms with Crippen molar-refractivity contribution in [2.24, 2.45) is 5.73 Å². The van der Waals surface area contributed by atoms with Crippen LogP contribution in [0.2, 0.25) is 0 Å². The highest BCUT2D eigenvalue weighted by atomic mass is 32.1. The summed E-state index contributed by atoms with van der Waals surface area (Å²) in [4.78, 5) is 12.8. The molecule has 21 heavy (non-hydrogen) atoms. The number of rotatable bonds is 5. The molecule has 0 saturated carbocycles. The maximum atomic E-state index is 12.0. The molecular formula is C17H22N2OS. The lowest BCUT2D eigenvalue weighted by Crippen LogP contribution is -2.31. The second kappa shape index (κ2) is 6.87. The molecule has 3 nitrogen and oxygen atoms in total. The minimum atomic E-state index is -0.185. The summed E-state index contributed by atoms with van der Waals surface area (Å²) in [5.74, 6) is 0.466. The summed E-state index contributed by atoms with van der Waals surface area (Å²) in [6.45, 7) is 6.71. The van der Waals surface area contributed by atoms with Crippen LogP contribution in [0.15, 0.2) is 35.7 Å². The smallest absolute Gasteiger partial charge is 0.261 e. The average Bonchev–Trinajstić information content (AvgIpc) is 2.90. The third kappa shape index (κ3) is 3.93. The zero-order valence-corrected chi connectivity index (χ0v) is 13.5. The number of nitrogens with one attached hydrogen (secondary N) is 1. The highest BCUT2D eigenvalue weighted by molar-refractivity contribution is 7.12. The van der Waals surface area contributed by atoms with E-state index in [4.69, 9.17) is 5.73 Å². The van der Waals surface area contributed by atoms with Gasteiger partial charge in [-0.15, -0.1) is 11.3 Å². The highest BCUT2D eigenvalue weighted by Gasteiger charge is 2.12. The van der Waals surface area contributed by atoms with Crippen molar-refractivity contribution in [1.82, 2.24) is 5.32 Å². The van der Waals surface area contributed by atoms with E-state index in [1.54, 1.807) is 0 Å². The molecule has 0 radical (unpaired) electrons. The van der Waals surface area contributed by atoms with Crippen molar-refractivity contribution in [3.05, 3.63) is 57.3 Å². The molecule has 0 aliphatic heterocycles. The highest BCUT2D eigenvalue weighted by Crippen LogP contribution is 2.18. The van der Waals surface area contributed by atoms with Gasteiger partial charge in [0.2, 0.25) is 0 Å². The predicted octanol–water partition coefficient (Wildman–Crippen LogP) is 3.61.